The molecule has 112 valence electrons. The third-order valence-electron chi connectivity index (χ3n) is 3.30. The molecule has 1 fully saturated rings. The average Bonchev–Trinajstić information content (AvgIpc) is 2.78. The molecule has 1 saturated heterocycles. The zero-order valence-electron chi connectivity index (χ0n) is 11.5. The van der Waals surface area contributed by atoms with Crippen molar-refractivity contribution in [2.24, 2.45) is 5.84 Å². The van der Waals surface area contributed by atoms with Gasteiger partial charge in [0.2, 0.25) is 0 Å². The SMILES string of the molecule is COCc1nc(NN)cc(N(C)C2CCS(=O)(=O)C2)n1. The van der Waals surface area contributed by atoms with Gasteiger partial charge in [-0.1, -0.05) is 0 Å². The van der Waals surface area contributed by atoms with Gasteiger partial charge in [-0.05, 0) is 6.42 Å². The predicted octanol–water partition coefficient (Wildman–Crippen LogP) is -0.468. The lowest BCUT2D eigenvalue weighted by molar-refractivity contribution is 0.178. The Hall–Kier alpha value is -1.45. The molecule has 2 rings (SSSR count). The van der Waals surface area contributed by atoms with E-state index in [-0.39, 0.29) is 24.2 Å². The molecular weight excluding hydrogens is 282 g/mol. The standard InChI is InChI=1S/C11H19N5O3S/c1-16(8-3-4-20(17,18)7-8)11-5-9(15-12)13-10(14-11)6-19-2/h5,8H,3-4,6-7,12H2,1-2H3,(H,13,14,15). The lowest BCUT2D eigenvalue weighted by Crippen LogP contribution is -2.33. The lowest BCUT2D eigenvalue weighted by Gasteiger charge is -2.25. The molecule has 1 aliphatic rings. The molecule has 1 unspecified atom stereocenters. The summed E-state index contributed by atoms with van der Waals surface area (Å²) in [5, 5.41) is 0. The van der Waals surface area contributed by atoms with Crippen LogP contribution in [0.4, 0.5) is 11.6 Å². The summed E-state index contributed by atoms with van der Waals surface area (Å²) < 4.78 is 28.1. The van der Waals surface area contributed by atoms with Crippen molar-refractivity contribution in [2.75, 3.05) is 36.0 Å². The number of nitrogens with one attached hydrogen (secondary N) is 1. The minimum absolute atomic E-state index is 0.0732. The molecule has 0 aromatic carbocycles. The maximum absolute atomic E-state index is 11.6. The Morgan fingerprint density at radius 2 is 2.30 bits per heavy atom. The number of methoxy groups -OCH3 is 1. The Morgan fingerprint density at radius 3 is 2.85 bits per heavy atom. The summed E-state index contributed by atoms with van der Waals surface area (Å²) in [7, 11) is 0.444. The number of sulfone groups is 1. The molecular formula is C11H19N5O3S. The van der Waals surface area contributed by atoms with E-state index in [1.807, 2.05) is 11.9 Å². The molecule has 0 aliphatic carbocycles. The van der Waals surface area contributed by atoms with E-state index in [0.717, 1.165) is 0 Å². The molecule has 20 heavy (non-hydrogen) atoms. The van der Waals surface area contributed by atoms with E-state index in [1.54, 1.807) is 13.2 Å². The number of aromatic nitrogens is 2. The van der Waals surface area contributed by atoms with E-state index in [4.69, 9.17) is 10.6 Å². The van der Waals surface area contributed by atoms with Gasteiger partial charge in [-0.3, -0.25) is 0 Å². The highest BCUT2D eigenvalue weighted by atomic mass is 32.2. The van der Waals surface area contributed by atoms with Crippen LogP contribution in [0.3, 0.4) is 0 Å². The fourth-order valence-electron chi connectivity index (χ4n) is 2.20. The van der Waals surface area contributed by atoms with Gasteiger partial charge in [0.25, 0.3) is 0 Å². The van der Waals surface area contributed by atoms with Crippen molar-refractivity contribution in [3.8, 4) is 0 Å². The van der Waals surface area contributed by atoms with Crippen LogP contribution in [0.1, 0.15) is 12.2 Å². The molecule has 0 bridgehead atoms. The predicted molar refractivity (Wildman–Crippen MR) is 76.0 cm³/mol. The van der Waals surface area contributed by atoms with Crippen LogP contribution < -0.4 is 16.2 Å². The van der Waals surface area contributed by atoms with Gasteiger partial charge in [0.1, 0.15) is 18.2 Å². The number of nitrogens with two attached hydrogens (primary N) is 1. The van der Waals surface area contributed by atoms with Crippen LogP contribution in [0.5, 0.6) is 0 Å². The molecule has 1 aromatic rings. The highest BCUT2D eigenvalue weighted by molar-refractivity contribution is 7.91. The van der Waals surface area contributed by atoms with Gasteiger partial charge < -0.3 is 15.1 Å². The first-order chi connectivity index (χ1) is 9.45. The van der Waals surface area contributed by atoms with Crippen molar-refractivity contribution in [1.29, 1.82) is 0 Å². The van der Waals surface area contributed by atoms with Crippen LogP contribution in [-0.2, 0) is 21.2 Å². The van der Waals surface area contributed by atoms with E-state index in [2.05, 4.69) is 15.4 Å². The Labute approximate surface area is 118 Å². The zero-order chi connectivity index (χ0) is 14.8. The summed E-state index contributed by atoms with van der Waals surface area (Å²) in [4.78, 5) is 10.4. The molecule has 0 amide bonds. The fraction of sp³-hybridized carbons (Fsp3) is 0.636. The van der Waals surface area contributed by atoms with Crippen LogP contribution in [-0.4, -0.2) is 50.1 Å². The van der Waals surface area contributed by atoms with E-state index in [9.17, 15) is 8.42 Å². The molecule has 0 saturated carbocycles. The third kappa shape index (κ3) is 3.35. The molecule has 3 N–H and O–H groups in total. The summed E-state index contributed by atoms with van der Waals surface area (Å²) in [6.07, 6.45) is 0.605. The number of nitrogens with zero attached hydrogens (tertiary/aromatic N) is 3. The first kappa shape index (κ1) is 14.9. The maximum Gasteiger partial charge on any atom is 0.158 e. The second-order valence-corrected chi connectivity index (χ2v) is 7.00. The monoisotopic (exact) mass is 301 g/mol. The van der Waals surface area contributed by atoms with Crippen LogP contribution in [0, 0.1) is 0 Å². The highest BCUT2D eigenvalue weighted by Crippen LogP contribution is 2.23. The summed E-state index contributed by atoms with van der Waals surface area (Å²) in [5.41, 5.74) is 2.48. The van der Waals surface area contributed by atoms with Gasteiger partial charge in [-0.2, -0.15) is 0 Å². The molecule has 1 aliphatic heterocycles. The maximum atomic E-state index is 11.6. The first-order valence-corrected chi connectivity index (χ1v) is 8.04. The van der Waals surface area contributed by atoms with Crippen LogP contribution in [0.15, 0.2) is 6.07 Å². The van der Waals surface area contributed by atoms with Crippen molar-refractivity contribution >= 4 is 21.5 Å². The zero-order valence-corrected chi connectivity index (χ0v) is 12.4. The first-order valence-electron chi connectivity index (χ1n) is 6.22. The number of hydrogen-bond donors (Lipinski definition) is 2. The quantitative estimate of drug-likeness (QED) is 0.555. The summed E-state index contributed by atoms with van der Waals surface area (Å²) >= 11 is 0. The summed E-state index contributed by atoms with van der Waals surface area (Å²) in [5.74, 6) is 7.34. The van der Waals surface area contributed by atoms with E-state index < -0.39 is 9.84 Å². The minimum atomic E-state index is -2.93. The Morgan fingerprint density at radius 1 is 1.55 bits per heavy atom. The van der Waals surface area contributed by atoms with Crippen molar-refractivity contribution in [3.05, 3.63) is 11.9 Å². The van der Waals surface area contributed by atoms with Gasteiger partial charge in [-0.15, -0.1) is 0 Å². The number of anilines is 2. The van der Waals surface area contributed by atoms with E-state index in [0.29, 0.717) is 23.9 Å². The number of hydrazine groups is 1. The second-order valence-electron chi connectivity index (χ2n) is 4.77. The molecule has 9 heteroatoms. The Balaban J connectivity index is 2.24. The van der Waals surface area contributed by atoms with Gasteiger partial charge in [0.05, 0.1) is 11.5 Å². The summed E-state index contributed by atoms with van der Waals surface area (Å²) in [6, 6.07) is 1.61. The Bertz CT molecular complexity index is 577. The van der Waals surface area contributed by atoms with Gasteiger partial charge in [0, 0.05) is 26.3 Å². The van der Waals surface area contributed by atoms with Crippen LogP contribution >= 0.6 is 0 Å². The number of nitrogen functional groups attached to an aromatic ring is 1. The molecule has 8 nitrogen and oxygen atoms in total. The topological polar surface area (TPSA) is 110 Å². The molecule has 1 aromatic heterocycles. The molecule has 0 spiro atoms. The van der Waals surface area contributed by atoms with Gasteiger partial charge >= 0.3 is 0 Å². The van der Waals surface area contributed by atoms with Crippen molar-refractivity contribution in [3.63, 3.8) is 0 Å². The third-order valence-corrected chi connectivity index (χ3v) is 5.05. The number of rotatable bonds is 5. The number of ether oxygens (including phenoxy) is 1. The van der Waals surface area contributed by atoms with E-state index >= 15 is 0 Å². The van der Waals surface area contributed by atoms with Crippen molar-refractivity contribution in [1.82, 2.24) is 9.97 Å². The fourth-order valence-corrected chi connectivity index (χ4v) is 3.97. The van der Waals surface area contributed by atoms with Crippen molar-refractivity contribution in [2.45, 2.75) is 19.1 Å². The van der Waals surface area contributed by atoms with Crippen molar-refractivity contribution < 1.29 is 13.2 Å². The van der Waals surface area contributed by atoms with Crippen LogP contribution in [0.2, 0.25) is 0 Å². The molecule has 0 radical (unpaired) electrons. The highest BCUT2D eigenvalue weighted by Gasteiger charge is 2.31. The van der Waals surface area contributed by atoms with E-state index in [1.165, 1.54) is 0 Å². The normalized spacial score (nSPS) is 20.9. The Kier molecular flexibility index (Phi) is 4.41. The van der Waals surface area contributed by atoms with Gasteiger partial charge in [-0.25, -0.2) is 24.2 Å². The summed E-state index contributed by atoms with van der Waals surface area (Å²) in [6.45, 7) is 0.263. The molecule has 1 atom stereocenters. The number of hydrogen-bond acceptors (Lipinski definition) is 8. The largest absolute Gasteiger partial charge is 0.377 e. The van der Waals surface area contributed by atoms with Crippen LogP contribution in [0.25, 0.3) is 0 Å². The molecule has 2 heterocycles. The minimum Gasteiger partial charge on any atom is -0.377 e. The average molecular weight is 301 g/mol. The van der Waals surface area contributed by atoms with Gasteiger partial charge in [0.15, 0.2) is 15.7 Å². The smallest absolute Gasteiger partial charge is 0.158 e. The lowest BCUT2D eigenvalue weighted by atomic mass is 10.2. The second kappa shape index (κ2) is 5.90.